The highest BCUT2D eigenvalue weighted by Gasteiger charge is 2.19. The van der Waals surface area contributed by atoms with Crippen molar-refractivity contribution in [2.24, 2.45) is 0 Å². The van der Waals surface area contributed by atoms with Gasteiger partial charge < -0.3 is 9.73 Å². The largest absolute Gasteiger partial charge is 0.461 e. The molecule has 2 heterocycles. The third-order valence-electron chi connectivity index (χ3n) is 4.91. The number of anilines is 1. The molecule has 31 heavy (non-hydrogen) atoms. The normalized spacial score (nSPS) is 11.1. The number of rotatable bonds is 7. The van der Waals surface area contributed by atoms with Crippen molar-refractivity contribution in [3.05, 3.63) is 78.1 Å². The molecule has 1 N–H and O–H groups in total. The van der Waals surface area contributed by atoms with Crippen molar-refractivity contribution in [2.45, 2.75) is 31.8 Å². The summed E-state index contributed by atoms with van der Waals surface area (Å²) in [5.74, 6) is 1.67. The van der Waals surface area contributed by atoms with Crippen molar-refractivity contribution in [2.75, 3.05) is 11.1 Å². The zero-order valence-corrected chi connectivity index (χ0v) is 18.5. The lowest BCUT2D eigenvalue weighted by molar-refractivity contribution is -0.113. The highest BCUT2D eigenvalue weighted by Crippen LogP contribution is 2.30. The lowest BCUT2D eigenvalue weighted by Crippen LogP contribution is -2.17. The van der Waals surface area contributed by atoms with E-state index in [2.05, 4.69) is 35.4 Å². The van der Waals surface area contributed by atoms with Crippen molar-refractivity contribution in [1.82, 2.24) is 14.8 Å². The number of carbonyl (C=O) groups excluding carboxylic acids is 1. The van der Waals surface area contributed by atoms with Crippen molar-refractivity contribution in [1.29, 1.82) is 0 Å². The maximum Gasteiger partial charge on any atom is 0.234 e. The number of furan rings is 1. The Hall–Kier alpha value is -3.32. The lowest BCUT2D eigenvalue weighted by Gasteiger charge is -2.16. The minimum Gasteiger partial charge on any atom is -0.461 e. The summed E-state index contributed by atoms with van der Waals surface area (Å²) in [5.41, 5.74) is 3.98. The van der Waals surface area contributed by atoms with Gasteiger partial charge in [0.15, 0.2) is 10.9 Å². The SMILES string of the molecule is Cc1cccc(C(C)C)c1NC(=O)CSc1nnc(-c2ccco2)n1-c1ccccc1. The van der Waals surface area contributed by atoms with Gasteiger partial charge in [-0.15, -0.1) is 10.2 Å². The van der Waals surface area contributed by atoms with Gasteiger partial charge in [-0.2, -0.15) is 0 Å². The number of amides is 1. The van der Waals surface area contributed by atoms with E-state index in [1.165, 1.54) is 11.8 Å². The molecule has 4 aromatic rings. The highest BCUT2D eigenvalue weighted by atomic mass is 32.2. The van der Waals surface area contributed by atoms with Crippen LogP contribution in [0.2, 0.25) is 0 Å². The van der Waals surface area contributed by atoms with Gasteiger partial charge in [0.05, 0.1) is 12.0 Å². The van der Waals surface area contributed by atoms with Gasteiger partial charge in [-0.25, -0.2) is 0 Å². The Morgan fingerprint density at radius 1 is 1.06 bits per heavy atom. The molecule has 0 spiro atoms. The number of benzene rings is 2. The van der Waals surface area contributed by atoms with E-state index in [9.17, 15) is 4.79 Å². The molecule has 0 fully saturated rings. The number of nitrogens with one attached hydrogen (secondary N) is 1. The average molecular weight is 433 g/mol. The third kappa shape index (κ3) is 4.56. The maximum atomic E-state index is 12.8. The molecule has 0 aliphatic rings. The number of para-hydroxylation sites is 2. The van der Waals surface area contributed by atoms with Crippen LogP contribution in [-0.2, 0) is 4.79 Å². The van der Waals surface area contributed by atoms with Crippen molar-refractivity contribution >= 4 is 23.4 Å². The Kier molecular flexibility index (Phi) is 6.23. The van der Waals surface area contributed by atoms with Gasteiger partial charge in [0.25, 0.3) is 0 Å². The molecular weight excluding hydrogens is 408 g/mol. The number of thioether (sulfide) groups is 1. The van der Waals surface area contributed by atoms with E-state index in [0.29, 0.717) is 22.7 Å². The second-order valence-corrected chi connectivity index (χ2v) is 8.43. The number of hydrogen-bond donors (Lipinski definition) is 1. The van der Waals surface area contributed by atoms with Gasteiger partial charge in [0.2, 0.25) is 11.7 Å². The molecule has 0 aliphatic heterocycles. The fraction of sp³-hybridized carbons (Fsp3) is 0.208. The molecule has 0 bridgehead atoms. The Labute approximate surface area is 185 Å². The predicted octanol–water partition coefficient (Wildman–Crippen LogP) is 5.69. The highest BCUT2D eigenvalue weighted by molar-refractivity contribution is 7.99. The second kappa shape index (κ2) is 9.22. The molecule has 7 heteroatoms. The van der Waals surface area contributed by atoms with E-state index in [0.717, 1.165) is 22.5 Å². The lowest BCUT2D eigenvalue weighted by atomic mass is 9.98. The van der Waals surface area contributed by atoms with E-state index < -0.39 is 0 Å². The van der Waals surface area contributed by atoms with Crippen LogP contribution in [0.25, 0.3) is 17.3 Å². The second-order valence-electron chi connectivity index (χ2n) is 7.49. The van der Waals surface area contributed by atoms with Crippen LogP contribution in [0.15, 0.2) is 76.5 Å². The van der Waals surface area contributed by atoms with Crippen molar-refractivity contribution in [3.8, 4) is 17.3 Å². The zero-order valence-electron chi connectivity index (χ0n) is 17.7. The third-order valence-corrected chi connectivity index (χ3v) is 5.84. The summed E-state index contributed by atoms with van der Waals surface area (Å²) in [6.07, 6.45) is 1.61. The van der Waals surface area contributed by atoms with E-state index in [-0.39, 0.29) is 11.7 Å². The Balaban J connectivity index is 1.57. The summed E-state index contributed by atoms with van der Waals surface area (Å²) >= 11 is 1.34. The first-order valence-electron chi connectivity index (χ1n) is 10.1. The molecular formula is C24H24N4O2S. The fourth-order valence-corrected chi connectivity index (χ4v) is 4.14. The molecule has 1 amide bonds. The van der Waals surface area contributed by atoms with Crippen LogP contribution >= 0.6 is 11.8 Å². The smallest absolute Gasteiger partial charge is 0.234 e. The van der Waals surface area contributed by atoms with Gasteiger partial charge >= 0.3 is 0 Å². The van der Waals surface area contributed by atoms with E-state index in [4.69, 9.17) is 4.42 Å². The molecule has 158 valence electrons. The predicted molar refractivity (Wildman–Crippen MR) is 124 cm³/mol. The molecule has 0 unspecified atom stereocenters. The summed E-state index contributed by atoms with van der Waals surface area (Å²) in [6.45, 7) is 6.26. The molecule has 6 nitrogen and oxygen atoms in total. The average Bonchev–Trinajstić information content (AvgIpc) is 3.44. The number of aryl methyl sites for hydroxylation is 1. The molecule has 2 aromatic heterocycles. The first kappa shape index (κ1) is 20.9. The molecule has 4 rings (SSSR count). The quantitative estimate of drug-likeness (QED) is 0.380. The van der Waals surface area contributed by atoms with Crippen LogP contribution in [-0.4, -0.2) is 26.4 Å². The summed E-state index contributed by atoms with van der Waals surface area (Å²) in [5, 5.41) is 12.4. The number of carbonyl (C=O) groups is 1. The molecule has 0 radical (unpaired) electrons. The summed E-state index contributed by atoms with van der Waals surface area (Å²) in [7, 11) is 0. The molecule has 0 saturated heterocycles. The van der Waals surface area contributed by atoms with E-state index >= 15 is 0 Å². The summed E-state index contributed by atoms with van der Waals surface area (Å²) < 4.78 is 7.44. The van der Waals surface area contributed by atoms with Gasteiger partial charge in [-0.3, -0.25) is 9.36 Å². The fourth-order valence-electron chi connectivity index (χ4n) is 3.39. The topological polar surface area (TPSA) is 73.0 Å². The van der Waals surface area contributed by atoms with Crippen LogP contribution < -0.4 is 5.32 Å². The van der Waals surface area contributed by atoms with Crippen LogP contribution in [0.4, 0.5) is 5.69 Å². The minimum atomic E-state index is -0.0802. The Morgan fingerprint density at radius 2 is 1.87 bits per heavy atom. The first-order chi connectivity index (χ1) is 15.0. The zero-order chi connectivity index (χ0) is 21.8. The summed E-state index contributed by atoms with van der Waals surface area (Å²) in [6, 6.07) is 19.6. The van der Waals surface area contributed by atoms with Gasteiger partial charge in [-0.1, -0.05) is 62.0 Å². The van der Waals surface area contributed by atoms with Crippen molar-refractivity contribution in [3.63, 3.8) is 0 Å². The molecule has 2 aromatic carbocycles. The van der Waals surface area contributed by atoms with Gasteiger partial charge in [0.1, 0.15) is 0 Å². The Bertz CT molecular complexity index is 1170. The van der Waals surface area contributed by atoms with Crippen LogP contribution in [0.3, 0.4) is 0 Å². The van der Waals surface area contributed by atoms with E-state index in [1.54, 1.807) is 6.26 Å². The molecule has 0 atom stereocenters. The first-order valence-corrected chi connectivity index (χ1v) is 11.1. The minimum absolute atomic E-state index is 0.0802. The Morgan fingerprint density at radius 3 is 2.58 bits per heavy atom. The van der Waals surface area contributed by atoms with Crippen LogP contribution in [0.5, 0.6) is 0 Å². The standard InChI is InChI=1S/C24H24N4O2S/c1-16(2)19-12-7-9-17(3)22(19)25-21(29)15-31-24-27-26-23(20-13-8-14-30-20)28(24)18-10-5-4-6-11-18/h4-14,16H,15H2,1-3H3,(H,25,29). The molecule has 0 saturated carbocycles. The van der Waals surface area contributed by atoms with Gasteiger partial charge in [0, 0.05) is 11.4 Å². The van der Waals surface area contributed by atoms with Crippen LogP contribution in [0.1, 0.15) is 30.9 Å². The van der Waals surface area contributed by atoms with E-state index in [1.807, 2.05) is 66.1 Å². The number of hydrogen-bond acceptors (Lipinski definition) is 5. The van der Waals surface area contributed by atoms with Crippen LogP contribution in [0, 0.1) is 6.92 Å². The number of aromatic nitrogens is 3. The van der Waals surface area contributed by atoms with Gasteiger partial charge in [-0.05, 0) is 48.2 Å². The summed E-state index contributed by atoms with van der Waals surface area (Å²) in [4.78, 5) is 12.8. The maximum absolute atomic E-state index is 12.8. The number of nitrogens with zero attached hydrogens (tertiary/aromatic N) is 3. The monoisotopic (exact) mass is 432 g/mol. The van der Waals surface area contributed by atoms with Crippen molar-refractivity contribution < 1.29 is 9.21 Å². The molecule has 0 aliphatic carbocycles.